The minimum absolute atomic E-state index is 0.000906. The average Bonchev–Trinajstić information content (AvgIpc) is 3.18. The van der Waals surface area contributed by atoms with E-state index in [0.717, 1.165) is 36.6 Å². The lowest BCUT2D eigenvalue weighted by Gasteiger charge is -2.44. The van der Waals surface area contributed by atoms with Gasteiger partial charge in [-0.15, -0.1) is 0 Å². The Hall–Kier alpha value is -2.30. The van der Waals surface area contributed by atoms with Gasteiger partial charge in [-0.3, -0.25) is 9.59 Å². The van der Waals surface area contributed by atoms with Crippen LogP contribution in [0.25, 0.3) is 10.9 Å². The van der Waals surface area contributed by atoms with Crippen LogP contribution in [0.4, 0.5) is 0 Å². The first kappa shape index (κ1) is 15.9. The summed E-state index contributed by atoms with van der Waals surface area (Å²) in [6.07, 6.45) is 6.46. The fourth-order valence-corrected chi connectivity index (χ4v) is 4.78. The number of rotatable bonds is 3. The SMILES string of the molecule is C[C@@]1(C(=O)NC2CCCC2)Cn2c(cc3ccccc32)C(=O)N1C1CC1. The van der Waals surface area contributed by atoms with Gasteiger partial charge in [-0.25, -0.2) is 0 Å². The molecule has 2 amide bonds. The summed E-state index contributed by atoms with van der Waals surface area (Å²) in [5.74, 6) is 0.00658. The van der Waals surface area contributed by atoms with Crippen LogP contribution in [-0.4, -0.2) is 38.9 Å². The zero-order valence-electron chi connectivity index (χ0n) is 15.2. The number of para-hydroxylation sites is 1. The number of aromatic nitrogens is 1. The van der Waals surface area contributed by atoms with Crippen molar-refractivity contribution in [3.05, 3.63) is 36.0 Å². The molecule has 1 aromatic heterocycles. The maximum atomic E-state index is 13.4. The molecule has 2 saturated carbocycles. The van der Waals surface area contributed by atoms with E-state index in [1.807, 2.05) is 46.7 Å². The molecule has 1 aliphatic heterocycles. The predicted molar refractivity (Wildman–Crippen MR) is 99.9 cm³/mol. The first-order chi connectivity index (χ1) is 12.6. The smallest absolute Gasteiger partial charge is 0.271 e. The molecule has 0 bridgehead atoms. The van der Waals surface area contributed by atoms with E-state index in [0.29, 0.717) is 12.2 Å². The molecule has 2 fully saturated rings. The van der Waals surface area contributed by atoms with Gasteiger partial charge >= 0.3 is 0 Å². The highest BCUT2D eigenvalue weighted by molar-refractivity contribution is 6.04. The minimum Gasteiger partial charge on any atom is -0.351 e. The Morgan fingerprint density at radius 3 is 2.62 bits per heavy atom. The molecule has 5 nitrogen and oxygen atoms in total. The third-order valence-corrected chi connectivity index (χ3v) is 6.34. The van der Waals surface area contributed by atoms with E-state index in [-0.39, 0.29) is 23.9 Å². The normalized spacial score (nSPS) is 26.3. The van der Waals surface area contributed by atoms with Crippen molar-refractivity contribution in [3.63, 3.8) is 0 Å². The lowest BCUT2D eigenvalue weighted by atomic mass is 9.93. The Bertz CT molecular complexity index is 892. The summed E-state index contributed by atoms with van der Waals surface area (Å²) in [5, 5.41) is 4.31. The molecule has 2 heterocycles. The van der Waals surface area contributed by atoms with Crippen LogP contribution in [0.3, 0.4) is 0 Å². The Balaban J connectivity index is 1.57. The molecule has 0 spiro atoms. The van der Waals surface area contributed by atoms with E-state index in [9.17, 15) is 9.59 Å². The van der Waals surface area contributed by atoms with Gasteiger partial charge in [0.05, 0.1) is 6.54 Å². The summed E-state index contributed by atoms with van der Waals surface area (Å²) in [6.45, 7) is 2.47. The standard InChI is InChI=1S/C21H25N3O2/c1-21(20(26)22-15-7-3-4-8-15)13-23-17-9-5-2-6-14(17)12-18(23)19(25)24(21)16-10-11-16/h2,5-6,9,12,15-16H,3-4,7-8,10-11,13H2,1H3,(H,22,26)/t21-/m0/s1. The van der Waals surface area contributed by atoms with Crippen LogP contribution in [0.1, 0.15) is 55.9 Å². The van der Waals surface area contributed by atoms with Crippen LogP contribution in [-0.2, 0) is 11.3 Å². The maximum absolute atomic E-state index is 13.4. The second-order valence-corrected chi connectivity index (χ2v) is 8.31. The number of amides is 2. The maximum Gasteiger partial charge on any atom is 0.271 e. The van der Waals surface area contributed by atoms with Gasteiger partial charge in [-0.2, -0.15) is 0 Å². The van der Waals surface area contributed by atoms with Crippen LogP contribution in [0.15, 0.2) is 30.3 Å². The molecule has 136 valence electrons. The minimum atomic E-state index is -0.824. The number of nitrogens with zero attached hydrogens (tertiary/aromatic N) is 2. The Kier molecular flexibility index (Phi) is 3.43. The number of carbonyl (C=O) groups is 2. The highest BCUT2D eigenvalue weighted by atomic mass is 16.2. The van der Waals surface area contributed by atoms with Crippen molar-refractivity contribution in [1.29, 1.82) is 0 Å². The Labute approximate surface area is 153 Å². The van der Waals surface area contributed by atoms with E-state index in [1.54, 1.807) is 0 Å². The number of nitrogens with one attached hydrogen (secondary N) is 1. The van der Waals surface area contributed by atoms with Crippen LogP contribution in [0.2, 0.25) is 0 Å². The van der Waals surface area contributed by atoms with Crippen molar-refractivity contribution >= 4 is 22.7 Å². The third kappa shape index (κ3) is 2.29. The quantitative estimate of drug-likeness (QED) is 0.924. The van der Waals surface area contributed by atoms with Gasteiger partial charge in [0.15, 0.2) is 0 Å². The zero-order valence-corrected chi connectivity index (χ0v) is 15.2. The van der Waals surface area contributed by atoms with Gasteiger partial charge in [0.25, 0.3) is 5.91 Å². The second kappa shape index (κ2) is 5.60. The van der Waals surface area contributed by atoms with Gasteiger partial charge in [0.2, 0.25) is 5.91 Å². The monoisotopic (exact) mass is 351 g/mol. The topological polar surface area (TPSA) is 54.3 Å². The summed E-state index contributed by atoms with van der Waals surface area (Å²) in [5.41, 5.74) is 0.922. The lowest BCUT2D eigenvalue weighted by Crippen LogP contribution is -2.65. The summed E-state index contributed by atoms with van der Waals surface area (Å²) in [7, 11) is 0. The van der Waals surface area contributed by atoms with Crippen molar-refractivity contribution in [1.82, 2.24) is 14.8 Å². The number of carbonyl (C=O) groups excluding carboxylic acids is 2. The number of benzene rings is 1. The molecule has 0 saturated heterocycles. The molecular formula is C21H25N3O2. The molecule has 5 heteroatoms. The number of hydrogen-bond acceptors (Lipinski definition) is 2. The zero-order chi connectivity index (χ0) is 17.9. The summed E-state index contributed by atoms with van der Waals surface area (Å²) in [6, 6.07) is 10.5. The molecule has 2 aliphatic carbocycles. The number of fused-ring (bicyclic) bond motifs is 3. The fourth-order valence-electron chi connectivity index (χ4n) is 4.78. The molecule has 1 aromatic carbocycles. The summed E-state index contributed by atoms with van der Waals surface area (Å²) < 4.78 is 2.05. The van der Waals surface area contributed by atoms with Crippen molar-refractivity contribution in [3.8, 4) is 0 Å². The molecule has 0 unspecified atom stereocenters. The van der Waals surface area contributed by atoms with E-state index >= 15 is 0 Å². The fraction of sp³-hybridized carbons (Fsp3) is 0.524. The molecule has 3 aliphatic rings. The second-order valence-electron chi connectivity index (χ2n) is 8.31. The summed E-state index contributed by atoms with van der Waals surface area (Å²) >= 11 is 0. The van der Waals surface area contributed by atoms with Crippen LogP contribution < -0.4 is 5.32 Å². The molecule has 1 atom stereocenters. The number of hydrogen-bond donors (Lipinski definition) is 1. The van der Waals surface area contributed by atoms with Gasteiger partial charge in [0, 0.05) is 23.0 Å². The van der Waals surface area contributed by atoms with Crippen molar-refractivity contribution < 1.29 is 9.59 Å². The van der Waals surface area contributed by atoms with Gasteiger partial charge < -0.3 is 14.8 Å². The van der Waals surface area contributed by atoms with E-state index in [4.69, 9.17) is 0 Å². The largest absolute Gasteiger partial charge is 0.351 e. The Morgan fingerprint density at radius 1 is 1.15 bits per heavy atom. The molecule has 26 heavy (non-hydrogen) atoms. The highest BCUT2D eigenvalue weighted by Gasteiger charge is 2.53. The molecular weight excluding hydrogens is 326 g/mol. The first-order valence-corrected chi connectivity index (χ1v) is 9.81. The van der Waals surface area contributed by atoms with Gasteiger partial charge in [0.1, 0.15) is 11.2 Å². The van der Waals surface area contributed by atoms with Crippen molar-refractivity contribution in [2.24, 2.45) is 0 Å². The van der Waals surface area contributed by atoms with Crippen molar-refractivity contribution in [2.45, 2.75) is 69.6 Å². The van der Waals surface area contributed by atoms with Crippen molar-refractivity contribution in [2.75, 3.05) is 0 Å². The molecule has 5 rings (SSSR count). The average molecular weight is 351 g/mol. The highest BCUT2D eigenvalue weighted by Crippen LogP contribution is 2.40. The Morgan fingerprint density at radius 2 is 1.88 bits per heavy atom. The third-order valence-electron chi connectivity index (χ3n) is 6.34. The predicted octanol–water partition coefficient (Wildman–Crippen LogP) is 3.08. The molecule has 0 radical (unpaired) electrons. The summed E-state index contributed by atoms with van der Waals surface area (Å²) in [4.78, 5) is 28.5. The molecule has 2 aromatic rings. The van der Waals surface area contributed by atoms with Crippen LogP contribution >= 0.6 is 0 Å². The lowest BCUT2D eigenvalue weighted by molar-refractivity contribution is -0.133. The van der Waals surface area contributed by atoms with Crippen LogP contribution in [0, 0.1) is 0 Å². The molecule has 1 N–H and O–H groups in total. The van der Waals surface area contributed by atoms with E-state index < -0.39 is 5.54 Å². The van der Waals surface area contributed by atoms with E-state index in [2.05, 4.69) is 5.32 Å². The van der Waals surface area contributed by atoms with Crippen LogP contribution in [0.5, 0.6) is 0 Å². The first-order valence-electron chi connectivity index (χ1n) is 9.81. The van der Waals surface area contributed by atoms with E-state index in [1.165, 1.54) is 12.8 Å². The van der Waals surface area contributed by atoms with Gasteiger partial charge in [-0.05, 0) is 44.7 Å². The van der Waals surface area contributed by atoms with Gasteiger partial charge in [-0.1, -0.05) is 31.0 Å².